The van der Waals surface area contributed by atoms with Crippen molar-refractivity contribution in [3.63, 3.8) is 0 Å². The molecule has 0 fully saturated rings. The van der Waals surface area contributed by atoms with Crippen LogP contribution >= 0.6 is 11.3 Å². The van der Waals surface area contributed by atoms with Crippen LogP contribution in [-0.2, 0) is 11.2 Å². The molecule has 0 bridgehead atoms. The third-order valence-corrected chi connectivity index (χ3v) is 4.52. The molecule has 3 rings (SSSR count). The molecule has 6 nitrogen and oxygen atoms in total. The Hall–Kier alpha value is -2.54. The van der Waals surface area contributed by atoms with Gasteiger partial charge in [-0.3, -0.25) is 9.78 Å². The van der Waals surface area contributed by atoms with Crippen LogP contribution in [0.2, 0.25) is 0 Å². The van der Waals surface area contributed by atoms with Gasteiger partial charge in [-0.1, -0.05) is 6.92 Å². The highest BCUT2D eigenvalue weighted by molar-refractivity contribution is 7.18. The molecule has 0 radical (unpaired) electrons. The second-order valence-corrected chi connectivity index (χ2v) is 6.11. The molecule has 3 aromatic heterocycles. The molecule has 7 heteroatoms. The largest absolute Gasteiger partial charge is 0.481 e. The SMILES string of the molecule is CCc1cc2c(NCCC(=O)O)nc(-c3cccnc3)nc2s1. The summed E-state index contributed by atoms with van der Waals surface area (Å²) >= 11 is 1.63. The van der Waals surface area contributed by atoms with E-state index in [1.54, 1.807) is 23.7 Å². The molecule has 0 amide bonds. The molecule has 0 atom stereocenters. The quantitative estimate of drug-likeness (QED) is 0.722. The topological polar surface area (TPSA) is 88.0 Å². The predicted molar refractivity (Wildman–Crippen MR) is 90.8 cm³/mol. The van der Waals surface area contributed by atoms with E-state index in [0.29, 0.717) is 18.2 Å². The van der Waals surface area contributed by atoms with E-state index in [1.807, 2.05) is 12.1 Å². The molecule has 118 valence electrons. The van der Waals surface area contributed by atoms with Gasteiger partial charge in [0.15, 0.2) is 5.82 Å². The van der Waals surface area contributed by atoms with Crippen molar-refractivity contribution in [1.29, 1.82) is 0 Å². The van der Waals surface area contributed by atoms with Gasteiger partial charge in [-0.05, 0) is 24.6 Å². The number of carboxylic acid groups (broad SMARTS) is 1. The van der Waals surface area contributed by atoms with E-state index in [9.17, 15) is 4.79 Å². The first-order valence-corrected chi connectivity index (χ1v) is 8.15. The minimum atomic E-state index is -0.838. The zero-order valence-corrected chi connectivity index (χ0v) is 13.4. The number of aliphatic carboxylic acids is 1. The lowest BCUT2D eigenvalue weighted by atomic mass is 10.2. The van der Waals surface area contributed by atoms with Gasteiger partial charge in [0, 0.05) is 29.4 Å². The normalized spacial score (nSPS) is 10.8. The Balaban J connectivity index is 2.03. The lowest BCUT2D eigenvalue weighted by Gasteiger charge is -2.07. The van der Waals surface area contributed by atoms with Gasteiger partial charge in [-0.15, -0.1) is 11.3 Å². The number of pyridine rings is 1. The first-order valence-electron chi connectivity index (χ1n) is 7.34. The van der Waals surface area contributed by atoms with Gasteiger partial charge in [-0.25, -0.2) is 9.97 Å². The Kier molecular flexibility index (Phi) is 4.47. The summed E-state index contributed by atoms with van der Waals surface area (Å²) in [4.78, 5) is 26.1. The second-order valence-electron chi connectivity index (χ2n) is 4.99. The Morgan fingerprint density at radius 2 is 2.26 bits per heavy atom. The van der Waals surface area contributed by atoms with Gasteiger partial charge in [0.05, 0.1) is 11.8 Å². The monoisotopic (exact) mass is 328 g/mol. The highest BCUT2D eigenvalue weighted by atomic mass is 32.1. The van der Waals surface area contributed by atoms with Crippen LogP contribution in [0.1, 0.15) is 18.2 Å². The summed E-state index contributed by atoms with van der Waals surface area (Å²) in [7, 11) is 0. The maximum Gasteiger partial charge on any atom is 0.305 e. The number of anilines is 1. The number of thiophene rings is 1. The van der Waals surface area contributed by atoms with Crippen molar-refractivity contribution in [2.45, 2.75) is 19.8 Å². The van der Waals surface area contributed by atoms with E-state index in [4.69, 9.17) is 5.11 Å². The zero-order valence-electron chi connectivity index (χ0n) is 12.6. The number of aryl methyl sites for hydroxylation is 1. The molecular weight excluding hydrogens is 312 g/mol. The molecule has 2 N–H and O–H groups in total. The lowest BCUT2D eigenvalue weighted by molar-refractivity contribution is -0.136. The maximum atomic E-state index is 10.7. The van der Waals surface area contributed by atoms with Crippen LogP contribution < -0.4 is 5.32 Å². The number of carboxylic acids is 1. The van der Waals surface area contributed by atoms with Crippen molar-refractivity contribution in [3.05, 3.63) is 35.5 Å². The Labute approximate surface area is 137 Å². The molecule has 0 aliphatic rings. The average Bonchev–Trinajstić information content (AvgIpc) is 2.98. The molecule has 3 heterocycles. The Morgan fingerprint density at radius 3 is 2.96 bits per heavy atom. The summed E-state index contributed by atoms with van der Waals surface area (Å²) in [5.74, 6) is 0.425. The smallest absolute Gasteiger partial charge is 0.305 e. The first kappa shape index (κ1) is 15.4. The molecule has 0 aliphatic carbocycles. The summed E-state index contributed by atoms with van der Waals surface area (Å²) in [6.07, 6.45) is 4.39. The highest BCUT2D eigenvalue weighted by Crippen LogP contribution is 2.31. The van der Waals surface area contributed by atoms with Crippen LogP contribution in [0.25, 0.3) is 21.6 Å². The van der Waals surface area contributed by atoms with Crippen LogP contribution in [0.4, 0.5) is 5.82 Å². The number of aromatic nitrogens is 3. The number of nitrogens with zero attached hydrogens (tertiary/aromatic N) is 3. The van der Waals surface area contributed by atoms with Crippen molar-refractivity contribution in [2.75, 3.05) is 11.9 Å². The predicted octanol–water partition coefficient (Wildman–Crippen LogP) is 3.20. The van der Waals surface area contributed by atoms with Crippen molar-refractivity contribution in [1.82, 2.24) is 15.0 Å². The third-order valence-electron chi connectivity index (χ3n) is 3.34. The molecule has 0 saturated heterocycles. The average molecular weight is 328 g/mol. The van der Waals surface area contributed by atoms with E-state index >= 15 is 0 Å². The standard InChI is InChI=1S/C16H16N4O2S/c1-2-11-8-12-15(18-7-5-13(21)22)19-14(20-16(12)23-11)10-4-3-6-17-9-10/h3-4,6,8-9H,2,5,7H2,1H3,(H,21,22)(H,18,19,20). The van der Waals surface area contributed by atoms with E-state index in [-0.39, 0.29) is 6.42 Å². The summed E-state index contributed by atoms with van der Waals surface area (Å²) < 4.78 is 0. The van der Waals surface area contributed by atoms with Gasteiger partial charge in [0.1, 0.15) is 10.6 Å². The zero-order chi connectivity index (χ0) is 16.2. The second kappa shape index (κ2) is 6.70. The summed E-state index contributed by atoms with van der Waals surface area (Å²) in [5.41, 5.74) is 0.835. The lowest BCUT2D eigenvalue weighted by Crippen LogP contribution is -2.09. The van der Waals surface area contributed by atoms with Crippen LogP contribution in [0.3, 0.4) is 0 Å². The van der Waals surface area contributed by atoms with Crippen molar-refractivity contribution in [2.24, 2.45) is 0 Å². The molecule has 23 heavy (non-hydrogen) atoms. The van der Waals surface area contributed by atoms with Gasteiger partial charge >= 0.3 is 5.97 Å². The van der Waals surface area contributed by atoms with Crippen LogP contribution in [0, 0.1) is 0 Å². The molecular formula is C16H16N4O2S. The van der Waals surface area contributed by atoms with Crippen LogP contribution in [-0.4, -0.2) is 32.6 Å². The van der Waals surface area contributed by atoms with Gasteiger partial charge < -0.3 is 10.4 Å². The van der Waals surface area contributed by atoms with Gasteiger partial charge in [0.2, 0.25) is 0 Å². The van der Waals surface area contributed by atoms with Gasteiger partial charge in [-0.2, -0.15) is 0 Å². The molecule has 0 aliphatic heterocycles. The van der Waals surface area contributed by atoms with E-state index in [1.165, 1.54) is 4.88 Å². The molecule has 0 unspecified atom stereocenters. The van der Waals surface area contributed by atoms with Gasteiger partial charge in [0.25, 0.3) is 0 Å². The van der Waals surface area contributed by atoms with Crippen LogP contribution in [0.5, 0.6) is 0 Å². The minimum absolute atomic E-state index is 0.0402. The van der Waals surface area contributed by atoms with E-state index < -0.39 is 5.97 Å². The fourth-order valence-electron chi connectivity index (χ4n) is 2.19. The molecule has 3 aromatic rings. The third kappa shape index (κ3) is 3.45. The fourth-order valence-corrected chi connectivity index (χ4v) is 3.16. The molecule has 0 aromatic carbocycles. The maximum absolute atomic E-state index is 10.7. The first-order chi connectivity index (χ1) is 11.2. The molecule has 0 saturated carbocycles. The van der Waals surface area contributed by atoms with Crippen molar-refractivity contribution < 1.29 is 9.90 Å². The fraction of sp³-hybridized carbons (Fsp3) is 0.250. The van der Waals surface area contributed by atoms with Crippen LogP contribution in [0.15, 0.2) is 30.6 Å². The number of rotatable bonds is 6. The number of hydrogen-bond donors (Lipinski definition) is 2. The highest BCUT2D eigenvalue weighted by Gasteiger charge is 2.13. The summed E-state index contributed by atoms with van der Waals surface area (Å²) in [5, 5.41) is 12.9. The van der Waals surface area contributed by atoms with Crippen molar-refractivity contribution in [3.8, 4) is 11.4 Å². The number of fused-ring (bicyclic) bond motifs is 1. The van der Waals surface area contributed by atoms with Crippen molar-refractivity contribution >= 4 is 33.3 Å². The number of nitrogens with one attached hydrogen (secondary N) is 1. The minimum Gasteiger partial charge on any atom is -0.481 e. The van der Waals surface area contributed by atoms with E-state index in [0.717, 1.165) is 22.2 Å². The summed E-state index contributed by atoms with van der Waals surface area (Å²) in [6, 6.07) is 5.81. The Morgan fingerprint density at radius 1 is 1.39 bits per heavy atom. The van der Waals surface area contributed by atoms with E-state index in [2.05, 4.69) is 33.3 Å². The molecule has 0 spiro atoms. The number of hydrogen-bond acceptors (Lipinski definition) is 6. The Bertz CT molecular complexity index is 833. The summed E-state index contributed by atoms with van der Waals surface area (Å²) in [6.45, 7) is 2.42. The number of carbonyl (C=O) groups is 1.